The fourth-order valence-electron chi connectivity index (χ4n) is 1.25. The highest BCUT2D eigenvalue weighted by molar-refractivity contribution is 5.80. The summed E-state index contributed by atoms with van der Waals surface area (Å²) in [5, 5.41) is 9.51. The molecule has 1 aromatic rings. The van der Waals surface area contributed by atoms with Crippen molar-refractivity contribution in [2.75, 3.05) is 0 Å². The highest BCUT2D eigenvalue weighted by atomic mass is 16.3. The number of primary amides is 1. The van der Waals surface area contributed by atoms with Gasteiger partial charge in [0, 0.05) is 0 Å². The largest absolute Gasteiger partial charge is 0.381 e. The van der Waals surface area contributed by atoms with Gasteiger partial charge in [0.15, 0.2) is 6.10 Å². The summed E-state index contributed by atoms with van der Waals surface area (Å²) in [5.41, 5.74) is 10.3. The minimum absolute atomic E-state index is 0.673. The molecular formula is C10H14N2O2. The molecule has 5 N–H and O–H groups in total. The maximum Gasteiger partial charge on any atom is 0.248 e. The van der Waals surface area contributed by atoms with Crippen molar-refractivity contribution in [1.82, 2.24) is 0 Å². The Morgan fingerprint density at radius 1 is 1.43 bits per heavy atom. The fraction of sp³-hybridized carbons (Fsp3) is 0.300. The molecule has 2 unspecified atom stereocenters. The minimum atomic E-state index is -1.38. The maximum atomic E-state index is 10.8. The Balaban J connectivity index is 3.02. The van der Waals surface area contributed by atoms with Crippen LogP contribution in [0, 0.1) is 0 Å². The molecule has 0 aliphatic carbocycles. The molecule has 0 heterocycles. The molecule has 0 bridgehead atoms. The first-order chi connectivity index (χ1) is 6.46. The summed E-state index contributed by atoms with van der Waals surface area (Å²) in [5.74, 6) is -0.821. The fourth-order valence-corrected chi connectivity index (χ4v) is 1.25. The summed E-state index contributed by atoms with van der Waals surface area (Å²) in [7, 11) is 0. The SMILES string of the molecule is CC(N)(c1ccccc1)C(O)C(N)=O. The maximum absolute atomic E-state index is 10.8. The van der Waals surface area contributed by atoms with Gasteiger partial charge in [-0.3, -0.25) is 4.79 Å². The average molecular weight is 194 g/mol. The van der Waals surface area contributed by atoms with Crippen LogP contribution in [0.2, 0.25) is 0 Å². The van der Waals surface area contributed by atoms with Crippen LogP contribution in [0.3, 0.4) is 0 Å². The van der Waals surface area contributed by atoms with Crippen molar-refractivity contribution >= 4 is 5.91 Å². The number of carbonyl (C=O) groups is 1. The molecule has 14 heavy (non-hydrogen) atoms. The first-order valence-corrected chi connectivity index (χ1v) is 4.28. The number of hydrogen-bond acceptors (Lipinski definition) is 3. The molecule has 0 fully saturated rings. The summed E-state index contributed by atoms with van der Waals surface area (Å²) in [6.45, 7) is 1.57. The van der Waals surface area contributed by atoms with Crippen molar-refractivity contribution in [3.05, 3.63) is 35.9 Å². The molecule has 76 valence electrons. The van der Waals surface area contributed by atoms with Crippen LogP contribution in [0.25, 0.3) is 0 Å². The number of rotatable bonds is 3. The lowest BCUT2D eigenvalue weighted by Crippen LogP contribution is -2.51. The summed E-state index contributed by atoms with van der Waals surface area (Å²) in [6, 6.07) is 8.89. The van der Waals surface area contributed by atoms with Gasteiger partial charge in [-0.15, -0.1) is 0 Å². The molecule has 0 saturated heterocycles. The predicted octanol–water partition coefficient (Wildman–Crippen LogP) is -0.293. The summed E-state index contributed by atoms with van der Waals surface area (Å²) >= 11 is 0. The van der Waals surface area contributed by atoms with Crippen molar-refractivity contribution in [2.24, 2.45) is 11.5 Å². The zero-order valence-electron chi connectivity index (χ0n) is 7.97. The van der Waals surface area contributed by atoms with Crippen molar-refractivity contribution in [3.63, 3.8) is 0 Å². The molecule has 0 saturated carbocycles. The number of aliphatic hydroxyl groups is 1. The normalized spacial score (nSPS) is 17.1. The molecule has 0 spiro atoms. The molecule has 4 heteroatoms. The van der Waals surface area contributed by atoms with E-state index in [1.807, 2.05) is 6.07 Å². The molecule has 0 aliphatic heterocycles. The number of nitrogens with two attached hydrogens (primary N) is 2. The topological polar surface area (TPSA) is 89.3 Å². The Kier molecular flexibility index (Phi) is 2.88. The van der Waals surface area contributed by atoms with Crippen molar-refractivity contribution in [1.29, 1.82) is 0 Å². The van der Waals surface area contributed by atoms with Crippen LogP contribution in [0.15, 0.2) is 30.3 Å². The van der Waals surface area contributed by atoms with E-state index in [9.17, 15) is 9.90 Å². The molecule has 0 aliphatic rings. The average Bonchev–Trinajstić information content (AvgIpc) is 2.18. The Morgan fingerprint density at radius 3 is 2.36 bits per heavy atom. The van der Waals surface area contributed by atoms with Crippen LogP contribution >= 0.6 is 0 Å². The van der Waals surface area contributed by atoms with E-state index in [2.05, 4.69) is 0 Å². The Morgan fingerprint density at radius 2 is 1.93 bits per heavy atom. The van der Waals surface area contributed by atoms with Gasteiger partial charge >= 0.3 is 0 Å². The summed E-state index contributed by atoms with van der Waals surface area (Å²) in [4.78, 5) is 10.8. The van der Waals surface area contributed by atoms with Crippen LogP contribution in [0.1, 0.15) is 12.5 Å². The van der Waals surface area contributed by atoms with Gasteiger partial charge in [0.25, 0.3) is 0 Å². The third-order valence-corrected chi connectivity index (χ3v) is 2.23. The lowest BCUT2D eigenvalue weighted by molar-refractivity contribution is -0.129. The van der Waals surface area contributed by atoms with E-state index in [4.69, 9.17) is 11.5 Å². The second kappa shape index (κ2) is 3.77. The Hall–Kier alpha value is -1.39. The van der Waals surface area contributed by atoms with E-state index < -0.39 is 17.6 Å². The lowest BCUT2D eigenvalue weighted by Gasteiger charge is -2.28. The van der Waals surface area contributed by atoms with Gasteiger partial charge in [0.2, 0.25) is 5.91 Å². The van der Waals surface area contributed by atoms with Crippen LogP contribution in [0.4, 0.5) is 0 Å². The number of hydrogen-bond donors (Lipinski definition) is 3. The van der Waals surface area contributed by atoms with Crippen LogP contribution in [-0.2, 0) is 10.3 Å². The monoisotopic (exact) mass is 194 g/mol. The smallest absolute Gasteiger partial charge is 0.248 e. The molecule has 1 aromatic carbocycles. The molecular weight excluding hydrogens is 180 g/mol. The standard InChI is InChI=1S/C10H14N2O2/c1-10(12,8(13)9(11)14)7-5-3-2-4-6-7/h2-6,8,13H,12H2,1H3,(H2,11,14). The minimum Gasteiger partial charge on any atom is -0.381 e. The van der Waals surface area contributed by atoms with Crippen molar-refractivity contribution < 1.29 is 9.90 Å². The second-order valence-electron chi connectivity index (χ2n) is 3.45. The zero-order chi connectivity index (χ0) is 10.8. The van der Waals surface area contributed by atoms with Crippen LogP contribution in [0.5, 0.6) is 0 Å². The van der Waals surface area contributed by atoms with Gasteiger partial charge < -0.3 is 16.6 Å². The van der Waals surface area contributed by atoms with Gasteiger partial charge in [-0.2, -0.15) is 0 Å². The van der Waals surface area contributed by atoms with E-state index >= 15 is 0 Å². The molecule has 1 rings (SSSR count). The quantitative estimate of drug-likeness (QED) is 0.617. The molecule has 4 nitrogen and oxygen atoms in total. The highest BCUT2D eigenvalue weighted by Crippen LogP contribution is 2.21. The van der Waals surface area contributed by atoms with Gasteiger partial charge in [-0.05, 0) is 12.5 Å². The van der Waals surface area contributed by atoms with Gasteiger partial charge in [0.05, 0.1) is 5.54 Å². The van der Waals surface area contributed by atoms with Crippen molar-refractivity contribution in [3.8, 4) is 0 Å². The summed E-state index contributed by atoms with van der Waals surface area (Å²) in [6.07, 6.45) is -1.38. The molecule has 0 aromatic heterocycles. The number of carbonyl (C=O) groups excluding carboxylic acids is 1. The molecule has 2 atom stereocenters. The Labute approximate surface area is 82.5 Å². The number of aliphatic hydroxyl groups excluding tert-OH is 1. The first-order valence-electron chi connectivity index (χ1n) is 4.28. The lowest BCUT2D eigenvalue weighted by atomic mass is 9.87. The summed E-state index contributed by atoms with van der Waals surface area (Å²) < 4.78 is 0. The van der Waals surface area contributed by atoms with E-state index in [1.165, 1.54) is 0 Å². The van der Waals surface area contributed by atoms with Crippen molar-refractivity contribution in [2.45, 2.75) is 18.6 Å². The Bertz CT molecular complexity index is 322. The third-order valence-electron chi connectivity index (χ3n) is 2.23. The van der Waals surface area contributed by atoms with E-state index in [-0.39, 0.29) is 0 Å². The first kappa shape index (κ1) is 10.7. The molecule has 1 amide bonds. The van der Waals surface area contributed by atoms with E-state index in [1.54, 1.807) is 31.2 Å². The highest BCUT2D eigenvalue weighted by Gasteiger charge is 2.34. The van der Waals surface area contributed by atoms with Gasteiger partial charge in [-0.25, -0.2) is 0 Å². The number of amides is 1. The van der Waals surface area contributed by atoms with Gasteiger partial charge in [0.1, 0.15) is 0 Å². The number of benzene rings is 1. The third kappa shape index (κ3) is 1.92. The van der Waals surface area contributed by atoms with Gasteiger partial charge in [-0.1, -0.05) is 30.3 Å². The van der Waals surface area contributed by atoms with E-state index in [0.717, 1.165) is 0 Å². The van der Waals surface area contributed by atoms with E-state index in [0.29, 0.717) is 5.56 Å². The second-order valence-corrected chi connectivity index (χ2v) is 3.45. The van der Waals surface area contributed by atoms with Crippen LogP contribution in [-0.4, -0.2) is 17.1 Å². The predicted molar refractivity (Wildman–Crippen MR) is 53.2 cm³/mol. The van der Waals surface area contributed by atoms with Crippen LogP contribution < -0.4 is 11.5 Å². The molecule has 0 radical (unpaired) electrons. The zero-order valence-corrected chi connectivity index (χ0v) is 7.97.